The van der Waals surface area contributed by atoms with E-state index in [1.807, 2.05) is 30.3 Å². The Hall–Kier alpha value is -2.28. The first kappa shape index (κ1) is 17.1. The number of hydrogen-bond donors (Lipinski definition) is 1. The second-order valence-electron chi connectivity index (χ2n) is 4.63. The molecule has 1 aliphatic rings. The van der Waals surface area contributed by atoms with Crippen molar-refractivity contribution in [2.75, 3.05) is 7.11 Å². The molecule has 1 aromatic rings. The van der Waals surface area contributed by atoms with Crippen LogP contribution in [0.2, 0.25) is 0 Å². The standard InChI is InChI=1S/C16H16BrNO5/c1-21-15(19)13(9-14-12(17)7-8-22-14)18-16(20)23-10-11-5-3-2-4-6-11/h2-9,12,14H,10H2,1H3,(H,18,20)/b13-9-. The predicted octanol–water partition coefficient (Wildman–Crippen LogP) is 2.65. The zero-order valence-corrected chi connectivity index (χ0v) is 14.0. The third-order valence-corrected chi connectivity index (χ3v) is 3.82. The Morgan fingerprint density at radius 2 is 2.09 bits per heavy atom. The highest BCUT2D eigenvalue weighted by molar-refractivity contribution is 9.09. The van der Waals surface area contributed by atoms with Crippen molar-refractivity contribution in [3.8, 4) is 0 Å². The number of alkyl halides is 1. The molecule has 0 fully saturated rings. The molecular weight excluding hydrogens is 366 g/mol. The lowest BCUT2D eigenvalue weighted by Gasteiger charge is -2.13. The van der Waals surface area contributed by atoms with Gasteiger partial charge in [-0.15, -0.1) is 0 Å². The van der Waals surface area contributed by atoms with Gasteiger partial charge in [0, 0.05) is 0 Å². The van der Waals surface area contributed by atoms with E-state index in [-0.39, 0.29) is 17.1 Å². The summed E-state index contributed by atoms with van der Waals surface area (Å²) in [5, 5.41) is 2.38. The molecule has 0 radical (unpaired) electrons. The van der Waals surface area contributed by atoms with E-state index >= 15 is 0 Å². The molecule has 122 valence electrons. The Morgan fingerprint density at radius 3 is 2.70 bits per heavy atom. The van der Waals surface area contributed by atoms with Gasteiger partial charge in [-0.1, -0.05) is 46.3 Å². The molecule has 1 amide bonds. The maximum absolute atomic E-state index is 11.9. The van der Waals surface area contributed by atoms with Gasteiger partial charge in [0.05, 0.1) is 18.2 Å². The molecule has 0 spiro atoms. The van der Waals surface area contributed by atoms with Crippen LogP contribution < -0.4 is 5.32 Å². The molecule has 0 saturated heterocycles. The predicted molar refractivity (Wildman–Crippen MR) is 86.6 cm³/mol. The Kier molecular flexibility index (Phi) is 6.22. The van der Waals surface area contributed by atoms with E-state index in [2.05, 4.69) is 26.0 Å². The minimum absolute atomic E-state index is 0.0382. The number of amides is 1. The maximum Gasteiger partial charge on any atom is 0.412 e. The van der Waals surface area contributed by atoms with Crippen molar-refractivity contribution in [3.63, 3.8) is 0 Å². The van der Waals surface area contributed by atoms with Gasteiger partial charge in [0.2, 0.25) is 0 Å². The quantitative estimate of drug-likeness (QED) is 0.482. The van der Waals surface area contributed by atoms with E-state index in [0.29, 0.717) is 0 Å². The summed E-state index contributed by atoms with van der Waals surface area (Å²) < 4.78 is 15.0. The number of carbonyl (C=O) groups excluding carboxylic acids is 2. The Balaban J connectivity index is 1.96. The van der Waals surface area contributed by atoms with Crippen LogP contribution in [0.5, 0.6) is 0 Å². The molecule has 0 aliphatic carbocycles. The second-order valence-corrected chi connectivity index (χ2v) is 5.69. The highest BCUT2D eigenvalue weighted by Gasteiger charge is 2.24. The van der Waals surface area contributed by atoms with Gasteiger partial charge in [0.15, 0.2) is 0 Å². The van der Waals surface area contributed by atoms with Gasteiger partial charge < -0.3 is 14.2 Å². The highest BCUT2D eigenvalue weighted by atomic mass is 79.9. The van der Waals surface area contributed by atoms with Gasteiger partial charge in [-0.2, -0.15) is 0 Å². The first-order valence-corrected chi connectivity index (χ1v) is 7.75. The van der Waals surface area contributed by atoms with Crippen LogP contribution in [0, 0.1) is 0 Å². The normalized spacial score (nSPS) is 19.8. The minimum Gasteiger partial charge on any atom is -0.493 e. The van der Waals surface area contributed by atoms with Crippen molar-refractivity contribution in [1.29, 1.82) is 0 Å². The topological polar surface area (TPSA) is 73.9 Å². The van der Waals surface area contributed by atoms with Crippen LogP contribution in [0.25, 0.3) is 0 Å². The van der Waals surface area contributed by atoms with E-state index in [1.54, 1.807) is 6.08 Å². The number of nitrogens with one attached hydrogen (secondary N) is 1. The molecule has 0 bridgehead atoms. The summed E-state index contributed by atoms with van der Waals surface area (Å²) in [6, 6.07) is 9.22. The summed E-state index contributed by atoms with van der Waals surface area (Å²) in [5.41, 5.74) is 0.804. The molecule has 7 heteroatoms. The van der Waals surface area contributed by atoms with E-state index in [9.17, 15) is 9.59 Å². The summed E-state index contributed by atoms with van der Waals surface area (Å²) in [7, 11) is 1.23. The van der Waals surface area contributed by atoms with E-state index in [1.165, 1.54) is 19.4 Å². The summed E-state index contributed by atoms with van der Waals surface area (Å²) in [5.74, 6) is -0.683. The SMILES string of the molecule is COC(=O)/C(=C/C1OC=CC1Br)NC(=O)OCc1ccccc1. The zero-order chi connectivity index (χ0) is 16.7. The molecule has 1 heterocycles. The smallest absolute Gasteiger partial charge is 0.412 e. The molecule has 6 nitrogen and oxygen atoms in total. The second kappa shape index (κ2) is 8.38. The van der Waals surface area contributed by atoms with Gasteiger partial charge in [0.1, 0.15) is 18.4 Å². The molecule has 23 heavy (non-hydrogen) atoms. The fraction of sp³-hybridized carbons (Fsp3) is 0.250. The average molecular weight is 382 g/mol. The molecule has 1 aliphatic heterocycles. The van der Waals surface area contributed by atoms with Gasteiger partial charge in [-0.25, -0.2) is 9.59 Å². The number of hydrogen-bond acceptors (Lipinski definition) is 5. The Bertz CT molecular complexity index is 614. The maximum atomic E-state index is 11.9. The lowest BCUT2D eigenvalue weighted by atomic mass is 10.2. The Morgan fingerprint density at radius 1 is 1.35 bits per heavy atom. The van der Waals surface area contributed by atoms with Crippen LogP contribution in [0.1, 0.15) is 5.56 Å². The summed E-state index contributed by atoms with van der Waals surface area (Å²) in [6.07, 6.45) is 3.60. The average Bonchev–Trinajstić information content (AvgIpc) is 2.97. The van der Waals surface area contributed by atoms with Crippen molar-refractivity contribution in [3.05, 3.63) is 60.0 Å². The molecule has 2 atom stereocenters. The summed E-state index contributed by atoms with van der Waals surface area (Å²) in [4.78, 5) is 23.5. The van der Waals surface area contributed by atoms with Gasteiger partial charge in [0.25, 0.3) is 0 Å². The molecule has 2 rings (SSSR count). The van der Waals surface area contributed by atoms with Crippen LogP contribution in [0.4, 0.5) is 4.79 Å². The summed E-state index contributed by atoms with van der Waals surface area (Å²) in [6.45, 7) is 0.101. The highest BCUT2D eigenvalue weighted by Crippen LogP contribution is 2.20. The molecule has 1 aromatic carbocycles. The first-order valence-electron chi connectivity index (χ1n) is 6.84. The monoisotopic (exact) mass is 381 g/mol. The Labute approximate surface area is 142 Å². The van der Waals surface area contributed by atoms with Crippen LogP contribution in [-0.2, 0) is 25.6 Å². The van der Waals surface area contributed by atoms with Crippen molar-refractivity contribution < 1.29 is 23.8 Å². The van der Waals surface area contributed by atoms with E-state index in [0.717, 1.165) is 5.56 Å². The van der Waals surface area contributed by atoms with Crippen molar-refractivity contribution in [2.24, 2.45) is 0 Å². The minimum atomic E-state index is -0.748. The van der Waals surface area contributed by atoms with Crippen LogP contribution >= 0.6 is 15.9 Å². The van der Waals surface area contributed by atoms with E-state index in [4.69, 9.17) is 9.47 Å². The number of esters is 1. The molecule has 0 saturated carbocycles. The largest absolute Gasteiger partial charge is 0.493 e. The zero-order valence-electron chi connectivity index (χ0n) is 12.4. The molecular formula is C16H16BrNO5. The summed E-state index contributed by atoms with van der Waals surface area (Å²) >= 11 is 3.38. The van der Waals surface area contributed by atoms with Gasteiger partial charge >= 0.3 is 12.1 Å². The lowest BCUT2D eigenvalue weighted by molar-refractivity contribution is -0.136. The van der Waals surface area contributed by atoms with Crippen LogP contribution in [0.15, 0.2) is 54.4 Å². The number of halogens is 1. The van der Waals surface area contributed by atoms with Crippen molar-refractivity contribution in [2.45, 2.75) is 17.5 Å². The number of alkyl carbamates (subject to hydrolysis) is 1. The van der Waals surface area contributed by atoms with Crippen molar-refractivity contribution in [1.82, 2.24) is 5.32 Å². The number of rotatable bonds is 5. The number of ether oxygens (including phenoxy) is 3. The number of benzene rings is 1. The van der Waals surface area contributed by atoms with Crippen molar-refractivity contribution >= 4 is 28.0 Å². The van der Waals surface area contributed by atoms with Crippen LogP contribution in [-0.4, -0.2) is 30.1 Å². The fourth-order valence-electron chi connectivity index (χ4n) is 1.83. The van der Waals surface area contributed by atoms with Gasteiger partial charge in [-0.3, -0.25) is 5.32 Å². The van der Waals surface area contributed by atoms with Gasteiger partial charge in [-0.05, 0) is 17.7 Å². The molecule has 0 aromatic heterocycles. The third kappa shape index (κ3) is 5.14. The first-order chi connectivity index (χ1) is 11.1. The lowest BCUT2D eigenvalue weighted by Crippen LogP contribution is -2.30. The number of carbonyl (C=O) groups is 2. The van der Waals surface area contributed by atoms with Crippen LogP contribution in [0.3, 0.4) is 0 Å². The molecule has 2 unspecified atom stereocenters. The molecule has 1 N–H and O–H groups in total. The fourth-order valence-corrected chi connectivity index (χ4v) is 2.23. The number of methoxy groups -OCH3 is 1. The van der Waals surface area contributed by atoms with E-state index < -0.39 is 18.2 Å². The third-order valence-electron chi connectivity index (χ3n) is 3.00.